The van der Waals surface area contributed by atoms with Crippen molar-refractivity contribution in [2.45, 2.75) is 341 Å². The van der Waals surface area contributed by atoms with Crippen LogP contribution in [0.1, 0.15) is 328 Å². The fourth-order valence-corrected chi connectivity index (χ4v) is 9.34. The molecule has 67 heavy (non-hydrogen) atoms. The fourth-order valence-electron chi connectivity index (χ4n) is 9.34. The van der Waals surface area contributed by atoms with Crippen LogP contribution >= 0.6 is 0 Å². The lowest BCUT2D eigenvalue weighted by Gasteiger charge is -2.20. The number of carbonyl (C=O) groups is 2. The van der Waals surface area contributed by atoms with Gasteiger partial charge in [-0.25, -0.2) is 0 Å². The summed E-state index contributed by atoms with van der Waals surface area (Å²) in [5.41, 5.74) is 0. The molecule has 0 radical (unpaired) electrons. The molecule has 1 amide bonds. The van der Waals surface area contributed by atoms with E-state index >= 15 is 0 Å². The van der Waals surface area contributed by atoms with Crippen LogP contribution in [0, 0.1) is 0 Å². The van der Waals surface area contributed by atoms with Crippen LogP contribution in [0.4, 0.5) is 0 Å². The second-order valence-corrected chi connectivity index (χ2v) is 20.7. The normalized spacial score (nSPS) is 12.7. The average Bonchev–Trinajstić information content (AvgIpc) is 3.33. The molecular weight excluding hydrogens is 827 g/mol. The van der Waals surface area contributed by atoms with Gasteiger partial charge in [0, 0.05) is 12.8 Å². The Balaban J connectivity index is 3.37. The molecule has 0 aliphatic rings. The van der Waals surface area contributed by atoms with Crippen LogP contribution in [0.2, 0.25) is 0 Å². The van der Waals surface area contributed by atoms with Gasteiger partial charge in [-0.3, -0.25) is 9.59 Å². The Morgan fingerprint density at radius 3 is 1.06 bits per heavy atom. The molecule has 0 bridgehead atoms. The van der Waals surface area contributed by atoms with E-state index in [0.29, 0.717) is 19.4 Å². The average molecular weight is 945 g/mol. The fraction of sp³-hybridized carbons (Fsp3) is 0.902. The number of hydrogen-bond acceptors (Lipinski definition) is 5. The largest absolute Gasteiger partial charge is 0.466 e. The summed E-state index contributed by atoms with van der Waals surface area (Å²) in [5.74, 6) is -0.0613. The number of aliphatic hydroxyl groups excluding tert-OH is 2. The monoisotopic (exact) mass is 944 g/mol. The van der Waals surface area contributed by atoms with E-state index in [1.807, 2.05) is 6.08 Å². The number of aliphatic hydroxyl groups is 2. The molecule has 0 aromatic heterocycles. The summed E-state index contributed by atoms with van der Waals surface area (Å²) in [6.45, 7) is 4.90. The smallest absolute Gasteiger partial charge is 0.305 e. The summed E-state index contributed by atoms with van der Waals surface area (Å²) >= 11 is 0. The third-order valence-electron chi connectivity index (χ3n) is 14.0. The lowest BCUT2D eigenvalue weighted by molar-refractivity contribution is -0.143. The van der Waals surface area contributed by atoms with Crippen LogP contribution in [0.25, 0.3) is 0 Å². The van der Waals surface area contributed by atoms with Crippen molar-refractivity contribution in [3.63, 3.8) is 0 Å². The van der Waals surface area contributed by atoms with Crippen molar-refractivity contribution in [1.29, 1.82) is 0 Å². The zero-order chi connectivity index (χ0) is 48.6. The first-order chi connectivity index (χ1) is 33.0. The van der Waals surface area contributed by atoms with Gasteiger partial charge in [-0.15, -0.1) is 0 Å². The Labute approximate surface area is 418 Å². The molecule has 0 aliphatic carbocycles. The number of ether oxygens (including phenoxy) is 1. The number of amides is 1. The highest BCUT2D eigenvalue weighted by atomic mass is 16.5. The highest BCUT2D eigenvalue weighted by Gasteiger charge is 2.18. The zero-order valence-corrected chi connectivity index (χ0v) is 45.1. The van der Waals surface area contributed by atoms with Gasteiger partial charge in [0.1, 0.15) is 0 Å². The Hall–Kier alpha value is -1.66. The molecule has 0 heterocycles. The number of nitrogens with one attached hydrogen (secondary N) is 1. The third kappa shape index (κ3) is 53.5. The van der Waals surface area contributed by atoms with Crippen LogP contribution < -0.4 is 5.32 Å². The number of unbranched alkanes of at least 4 members (excludes halogenated alkanes) is 43. The molecule has 2 atom stereocenters. The summed E-state index contributed by atoms with van der Waals surface area (Å²) < 4.78 is 5.48. The molecule has 0 saturated heterocycles. The number of rotatable bonds is 56. The zero-order valence-electron chi connectivity index (χ0n) is 45.1. The van der Waals surface area contributed by atoms with E-state index < -0.39 is 12.1 Å². The van der Waals surface area contributed by atoms with E-state index in [0.717, 1.165) is 44.9 Å². The summed E-state index contributed by atoms with van der Waals surface area (Å²) in [4.78, 5) is 24.5. The second kappa shape index (κ2) is 56.9. The van der Waals surface area contributed by atoms with E-state index in [2.05, 4.69) is 31.3 Å². The topological polar surface area (TPSA) is 95.9 Å². The minimum Gasteiger partial charge on any atom is -0.466 e. The predicted octanol–water partition coefficient (Wildman–Crippen LogP) is 18.6. The predicted molar refractivity (Wildman–Crippen MR) is 292 cm³/mol. The SMILES string of the molecule is CCCCCCCC/C=C\CCCCCCCC(=O)OCCCCCCCCCCCCCCCCCCCCCCCCCC(=O)NC(CO)C(O)/C=C/CCCCCCCCCCCC. The van der Waals surface area contributed by atoms with Crippen molar-refractivity contribution in [3.8, 4) is 0 Å². The van der Waals surface area contributed by atoms with Crippen LogP contribution in [-0.4, -0.2) is 47.4 Å². The van der Waals surface area contributed by atoms with E-state index in [-0.39, 0.29) is 18.5 Å². The molecule has 0 fully saturated rings. The van der Waals surface area contributed by atoms with Crippen LogP contribution in [0.3, 0.4) is 0 Å². The highest BCUT2D eigenvalue weighted by Crippen LogP contribution is 2.17. The van der Waals surface area contributed by atoms with Gasteiger partial charge in [0.2, 0.25) is 5.91 Å². The molecular formula is C61H117NO5. The summed E-state index contributed by atoms with van der Waals surface area (Å²) in [5, 5.41) is 23.0. The molecule has 396 valence electrons. The van der Waals surface area contributed by atoms with E-state index in [1.54, 1.807) is 6.08 Å². The minimum atomic E-state index is -0.842. The Kier molecular flexibility index (Phi) is 55.5. The maximum atomic E-state index is 12.4. The third-order valence-corrected chi connectivity index (χ3v) is 14.0. The molecule has 0 spiro atoms. The van der Waals surface area contributed by atoms with Gasteiger partial charge in [0.05, 0.1) is 25.4 Å². The number of allylic oxidation sites excluding steroid dienone is 3. The molecule has 0 aromatic carbocycles. The van der Waals surface area contributed by atoms with Gasteiger partial charge < -0.3 is 20.3 Å². The lowest BCUT2D eigenvalue weighted by atomic mass is 10.0. The van der Waals surface area contributed by atoms with E-state index in [9.17, 15) is 19.8 Å². The molecule has 6 heteroatoms. The number of hydrogen-bond donors (Lipinski definition) is 3. The van der Waals surface area contributed by atoms with Crippen LogP contribution in [0.15, 0.2) is 24.3 Å². The Morgan fingerprint density at radius 1 is 0.403 bits per heavy atom. The molecule has 0 aromatic rings. The molecule has 2 unspecified atom stereocenters. The van der Waals surface area contributed by atoms with Crippen molar-refractivity contribution < 1.29 is 24.5 Å². The first-order valence-corrected chi connectivity index (χ1v) is 30.1. The molecule has 3 N–H and O–H groups in total. The molecule has 0 saturated carbocycles. The quantitative estimate of drug-likeness (QED) is 0.0321. The van der Waals surface area contributed by atoms with Gasteiger partial charge in [-0.2, -0.15) is 0 Å². The molecule has 6 nitrogen and oxygen atoms in total. The maximum Gasteiger partial charge on any atom is 0.305 e. The summed E-state index contributed by atoms with van der Waals surface area (Å²) in [6.07, 6.45) is 69.3. The van der Waals surface area contributed by atoms with E-state index in [1.165, 1.54) is 257 Å². The van der Waals surface area contributed by atoms with Gasteiger partial charge in [-0.05, 0) is 57.8 Å². The Bertz CT molecular complexity index is 1040. The highest BCUT2D eigenvalue weighted by molar-refractivity contribution is 5.76. The van der Waals surface area contributed by atoms with Gasteiger partial charge in [-0.1, -0.05) is 282 Å². The number of carbonyl (C=O) groups excluding carboxylic acids is 2. The van der Waals surface area contributed by atoms with Crippen molar-refractivity contribution in [1.82, 2.24) is 5.32 Å². The summed E-state index contributed by atoms with van der Waals surface area (Å²) in [6, 6.07) is -0.626. The molecule has 0 rings (SSSR count). The summed E-state index contributed by atoms with van der Waals surface area (Å²) in [7, 11) is 0. The maximum absolute atomic E-state index is 12.4. The Morgan fingerprint density at radius 2 is 0.701 bits per heavy atom. The van der Waals surface area contributed by atoms with Gasteiger partial charge in [0.15, 0.2) is 0 Å². The second-order valence-electron chi connectivity index (χ2n) is 20.7. The molecule has 0 aliphatic heterocycles. The van der Waals surface area contributed by atoms with E-state index in [4.69, 9.17) is 4.74 Å². The van der Waals surface area contributed by atoms with Crippen molar-refractivity contribution in [2.24, 2.45) is 0 Å². The van der Waals surface area contributed by atoms with Crippen molar-refractivity contribution >= 4 is 11.9 Å². The van der Waals surface area contributed by atoms with Crippen molar-refractivity contribution in [2.75, 3.05) is 13.2 Å². The van der Waals surface area contributed by atoms with Gasteiger partial charge in [0.25, 0.3) is 0 Å². The standard InChI is InChI=1S/C61H117NO5/c1-3-5-7-9-11-13-15-17-27-31-35-39-43-47-51-55-61(66)67-56-52-48-44-40-36-32-29-26-24-22-20-18-19-21-23-25-28-30-34-38-42-46-50-54-60(65)62-58(57-63)59(64)53-49-45-41-37-33-16-14-12-10-8-6-4-2/h17,27,49,53,58-59,63-64H,3-16,18-26,28-48,50-52,54-57H2,1-2H3,(H,62,65)/b27-17-,53-49+. The van der Waals surface area contributed by atoms with Crippen molar-refractivity contribution in [3.05, 3.63) is 24.3 Å². The first-order valence-electron chi connectivity index (χ1n) is 30.1. The van der Waals surface area contributed by atoms with Crippen LogP contribution in [-0.2, 0) is 14.3 Å². The van der Waals surface area contributed by atoms with Gasteiger partial charge >= 0.3 is 5.97 Å². The van der Waals surface area contributed by atoms with Crippen LogP contribution in [0.5, 0.6) is 0 Å². The first kappa shape index (κ1) is 65.3. The lowest BCUT2D eigenvalue weighted by Crippen LogP contribution is -2.45. The minimum absolute atomic E-state index is 0.00606. The number of esters is 1.